The molecule has 0 saturated carbocycles. The molecule has 0 bridgehead atoms. The van der Waals surface area contributed by atoms with Crippen LogP contribution in [0.15, 0.2) is 48.5 Å². The molecule has 0 radical (unpaired) electrons. The highest BCUT2D eigenvalue weighted by Gasteiger charge is 2.23. The molecule has 1 aliphatic heterocycles. The Morgan fingerprint density at radius 3 is 2.41 bits per heavy atom. The van der Waals surface area contributed by atoms with Gasteiger partial charge in [0.25, 0.3) is 5.91 Å². The SMILES string of the molecule is CCCC[C@H](CC)C(=O)Nc1ccc(N2CCCC2)c(C(=O)N[C@@H](C)c2ccccc2)c1. The molecule has 1 saturated heterocycles. The van der Waals surface area contributed by atoms with Gasteiger partial charge < -0.3 is 15.5 Å². The molecular formula is C27H37N3O2. The standard InChI is InChI=1S/C27H37N3O2/c1-4-6-12-21(5-2)26(31)29-23-15-16-25(30-17-10-11-18-30)24(19-23)27(32)28-20(3)22-13-8-7-9-14-22/h7-9,13-16,19-21H,4-6,10-12,17-18H2,1-3H3,(H,28,32)(H,29,31)/t20-,21-/m0/s1. The largest absolute Gasteiger partial charge is 0.371 e. The Kier molecular flexibility index (Phi) is 8.72. The van der Waals surface area contributed by atoms with Crippen molar-refractivity contribution in [1.82, 2.24) is 5.32 Å². The molecule has 172 valence electrons. The first-order chi connectivity index (χ1) is 15.5. The van der Waals surface area contributed by atoms with Crippen molar-refractivity contribution in [2.24, 2.45) is 5.92 Å². The van der Waals surface area contributed by atoms with E-state index >= 15 is 0 Å². The average molecular weight is 436 g/mol. The minimum Gasteiger partial charge on any atom is -0.371 e. The predicted octanol–water partition coefficient (Wildman–Crippen LogP) is 5.93. The van der Waals surface area contributed by atoms with Gasteiger partial charge in [0, 0.05) is 30.4 Å². The first kappa shape index (κ1) is 23.8. The summed E-state index contributed by atoms with van der Waals surface area (Å²) in [5.74, 6) is -0.0696. The van der Waals surface area contributed by atoms with Crippen molar-refractivity contribution in [2.75, 3.05) is 23.3 Å². The lowest BCUT2D eigenvalue weighted by atomic mass is 9.98. The van der Waals surface area contributed by atoms with Gasteiger partial charge in [0.05, 0.1) is 11.6 Å². The second-order valence-corrected chi connectivity index (χ2v) is 8.77. The van der Waals surface area contributed by atoms with Crippen LogP contribution in [0.5, 0.6) is 0 Å². The van der Waals surface area contributed by atoms with Gasteiger partial charge in [-0.25, -0.2) is 0 Å². The maximum atomic E-state index is 13.3. The van der Waals surface area contributed by atoms with Crippen molar-refractivity contribution in [1.29, 1.82) is 0 Å². The molecule has 2 aromatic rings. The maximum absolute atomic E-state index is 13.3. The Bertz CT molecular complexity index is 891. The van der Waals surface area contributed by atoms with Crippen LogP contribution in [-0.2, 0) is 4.79 Å². The van der Waals surface area contributed by atoms with Crippen LogP contribution in [0, 0.1) is 5.92 Å². The molecule has 1 aliphatic rings. The summed E-state index contributed by atoms with van der Waals surface area (Å²) < 4.78 is 0. The summed E-state index contributed by atoms with van der Waals surface area (Å²) in [6.45, 7) is 8.10. The second-order valence-electron chi connectivity index (χ2n) is 8.77. The van der Waals surface area contributed by atoms with Gasteiger partial charge in [-0.2, -0.15) is 0 Å². The molecule has 5 heteroatoms. The molecule has 32 heavy (non-hydrogen) atoms. The predicted molar refractivity (Wildman–Crippen MR) is 132 cm³/mol. The first-order valence-electron chi connectivity index (χ1n) is 12.1. The molecule has 1 fully saturated rings. The lowest BCUT2D eigenvalue weighted by Crippen LogP contribution is -2.30. The van der Waals surface area contributed by atoms with Gasteiger partial charge in [-0.1, -0.05) is 57.0 Å². The lowest BCUT2D eigenvalue weighted by Gasteiger charge is -2.23. The van der Waals surface area contributed by atoms with Gasteiger partial charge >= 0.3 is 0 Å². The van der Waals surface area contributed by atoms with Gasteiger partial charge in [0.15, 0.2) is 0 Å². The summed E-state index contributed by atoms with van der Waals surface area (Å²) in [7, 11) is 0. The fourth-order valence-corrected chi connectivity index (χ4v) is 4.34. The summed E-state index contributed by atoms with van der Waals surface area (Å²) in [5, 5.41) is 6.20. The van der Waals surface area contributed by atoms with Crippen LogP contribution >= 0.6 is 0 Å². The van der Waals surface area contributed by atoms with Crippen LogP contribution in [0.25, 0.3) is 0 Å². The topological polar surface area (TPSA) is 61.4 Å². The van der Waals surface area contributed by atoms with E-state index in [9.17, 15) is 9.59 Å². The molecule has 0 unspecified atom stereocenters. The summed E-state index contributed by atoms with van der Waals surface area (Å²) in [6, 6.07) is 15.6. The van der Waals surface area contributed by atoms with Crippen LogP contribution in [0.2, 0.25) is 0 Å². The molecule has 0 spiro atoms. The quantitative estimate of drug-likeness (QED) is 0.486. The summed E-state index contributed by atoms with van der Waals surface area (Å²) in [5.41, 5.74) is 3.31. The highest BCUT2D eigenvalue weighted by atomic mass is 16.2. The van der Waals surface area contributed by atoms with E-state index in [1.165, 1.54) is 0 Å². The zero-order chi connectivity index (χ0) is 22.9. The number of amides is 2. The molecule has 2 atom stereocenters. The van der Waals surface area contributed by atoms with E-state index < -0.39 is 0 Å². The molecule has 2 aromatic carbocycles. The minimum atomic E-state index is -0.114. The molecule has 3 rings (SSSR count). The summed E-state index contributed by atoms with van der Waals surface area (Å²) in [6.07, 6.45) is 6.11. The van der Waals surface area contributed by atoms with E-state index in [0.29, 0.717) is 11.3 Å². The van der Waals surface area contributed by atoms with Gasteiger partial charge in [-0.05, 0) is 56.4 Å². The van der Waals surface area contributed by atoms with Crippen LogP contribution < -0.4 is 15.5 Å². The van der Waals surface area contributed by atoms with E-state index in [1.807, 2.05) is 55.5 Å². The fraction of sp³-hybridized carbons (Fsp3) is 0.481. The molecule has 0 aliphatic carbocycles. The number of rotatable bonds is 10. The number of benzene rings is 2. The number of hydrogen-bond donors (Lipinski definition) is 2. The number of nitrogens with zero attached hydrogens (tertiary/aromatic N) is 1. The fourth-order valence-electron chi connectivity index (χ4n) is 4.34. The van der Waals surface area contributed by atoms with Crippen molar-refractivity contribution in [2.45, 2.75) is 65.3 Å². The van der Waals surface area contributed by atoms with Crippen molar-refractivity contribution in [3.63, 3.8) is 0 Å². The zero-order valence-electron chi connectivity index (χ0n) is 19.7. The van der Waals surface area contributed by atoms with Gasteiger partial charge in [0.2, 0.25) is 5.91 Å². The van der Waals surface area contributed by atoms with Crippen molar-refractivity contribution in [3.05, 3.63) is 59.7 Å². The minimum absolute atomic E-state index is 0.00332. The maximum Gasteiger partial charge on any atom is 0.253 e. The third kappa shape index (κ3) is 6.12. The highest BCUT2D eigenvalue weighted by Crippen LogP contribution is 2.29. The molecule has 5 nitrogen and oxygen atoms in total. The van der Waals surface area contributed by atoms with Crippen LogP contribution in [0.4, 0.5) is 11.4 Å². The Morgan fingerprint density at radius 1 is 1.03 bits per heavy atom. The van der Waals surface area contributed by atoms with Gasteiger partial charge in [-0.15, -0.1) is 0 Å². The average Bonchev–Trinajstić information content (AvgIpc) is 3.35. The van der Waals surface area contributed by atoms with Crippen molar-refractivity contribution < 1.29 is 9.59 Å². The van der Waals surface area contributed by atoms with Crippen molar-refractivity contribution >= 4 is 23.2 Å². The van der Waals surface area contributed by atoms with E-state index in [4.69, 9.17) is 0 Å². The van der Waals surface area contributed by atoms with E-state index in [2.05, 4.69) is 29.4 Å². The van der Waals surface area contributed by atoms with Gasteiger partial charge in [-0.3, -0.25) is 9.59 Å². The third-order valence-electron chi connectivity index (χ3n) is 6.37. The smallest absolute Gasteiger partial charge is 0.253 e. The van der Waals surface area contributed by atoms with Crippen LogP contribution in [0.1, 0.15) is 81.3 Å². The number of hydrogen-bond acceptors (Lipinski definition) is 3. The molecular weight excluding hydrogens is 398 g/mol. The van der Waals surface area contributed by atoms with Crippen LogP contribution in [0.3, 0.4) is 0 Å². The van der Waals surface area contributed by atoms with Crippen molar-refractivity contribution in [3.8, 4) is 0 Å². The molecule has 2 amide bonds. The number of unbranched alkanes of at least 4 members (excludes halogenated alkanes) is 1. The molecule has 0 aromatic heterocycles. The Labute approximate surface area is 192 Å². The number of carbonyl (C=O) groups excluding carboxylic acids is 2. The normalized spacial score (nSPS) is 15.3. The summed E-state index contributed by atoms with van der Waals surface area (Å²) >= 11 is 0. The van der Waals surface area contributed by atoms with Crippen LogP contribution in [-0.4, -0.2) is 24.9 Å². The number of anilines is 2. The second kappa shape index (κ2) is 11.7. The zero-order valence-corrected chi connectivity index (χ0v) is 19.7. The van der Waals surface area contributed by atoms with E-state index in [1.54, 1.807) is 0 Å². The lowest BCUT2D eigenvalue weighted by molar-refractivity contribution is -0.120. The Hall–Kier alpha value is -2.82. The first-order valence-corrected chi connectivity index (χ1v) is 12.1. The molecule has 2 N–H and O–H groups in total. The van der Waals surface area contributed by atoms with E-state index in [-0.39, 0.29) is 23.8 Å². The molecule has 1 heterocycles. The number of nitrogens with one attached hydrogen (secondary N) is 2. The third-order valence-corrected chi connectivity index (χ3v) is 6.37. The highest BCUT2D eigenvalue weighted by molar-refractivity contribution is 6.02. The summed E-state index contributed by atoms with van der Waals surface area (Å²) in [4.78, 5) is 28.4. The Morgan fingerprint density at radius 2 is 1.75 bits per heavy atom. The van der Waals surface area contributed by atoms with Gasteiger partial charge in [0.1, 0.15) is 0 Å². The monoisotopic (exact) mass is 435 g/mol. The number of carbonyl (C=O) groups is 2. The Balaban J connectivity index is 1.81. The van der Waals surface area contributed by atoms with E-state index in [0.717, 1.165) is 62.9 Å².